The van der Waals surface area contributed by atoms with E-state index in [1.807, 2.05) is 30.3 Å². The minimum absolute atomic E-state index is 0.0283. The molecule has 0 aromatic heterocycles. The lowest BCUT2D eigenvalue weighted by Crippen LogP contribution is -2.40. The number of hydrogen-bond acceptors (Lipinski definition) is 4. The first-order valence-corrected chi connectivity index (χ1v) is 9.03. The number of rotatable bonds is 4. The largest absolute Gasteiger partial charge is 0.497 e. The van der Waals surface area contributed by atoms with Crippen LogP contribution in [-0.4, -0.2) is 24.1 Å². The third-order valence-corrected chi connectivity index (χ3v) is 5.03. The fourth-order valence-corrected chi connectivity index (χ4v) is 3.71. The lowest BCUT2D eigenvalue weighted by molar-refractivity contribution is -0.0223. The molecule has 2 heterocycles. The highest BCUT2D eigenvalue weighted by atomic mass is 35.5. The van der Waals surface area contributed by atoms with Gasteiger partial charge < -0.3 is 9.47 Å². The monoisotopic (exact) mass is 356 g/mol. The Kier molecular flexibility index (Phi) is 4.30. The molecule has 130 valence electrons. The minimum Gasteiger partial charge on any atom is -0.497 e. The fraction of sp³-hybridized carbons (Fsp3) is 0.350. The lowest BCUT2D eigenvalue weighted by Gasteiger charge is -2.38. The van der Waals surface area contributed by atoms with Crippen LogP contribution in [0.4, 0.5) is 0 Å². The molecule has 2 aromatic rings. The molecule has 2 atom stereocenters. The first-order valence-electron chi connectivity index (χ1n) is 8.66. The molecule has 4 rings (SSSR count). The van der Waals surface area contributed by atoms with Crippen molar-refractivity contribution in [2.24, 2.45) is 5.10 Å². The standard InChI is InChI=1S/C20H21ClN2O2/c1-3-4-20-23-18(16-11-14(21)7-10-19(16)25-20)12-17(22-23)13-5-8-15(24-2)9-6-13/h5-11,18,20H,3-4,12H2,1-2H3/t18-,20+/m1/s1. The zero-order valence-electron chi connectivity index (χ0n) is 14.4. The highest BCUT2D eigenvalue weighted by molar-refractivity contribution is 6.30. The van der Waals surface area contributed by atoms with E-state index in [0.29, 0.717) is 0 Å². The van der Waals surface area contributed by atoms with Gasteiger partial charge in [-0.1, -0.05) is 24.9 Å². The molecule has 5 heteroatoms. The minimum atomic E-state index is -0.0283. The van der Waals surface area contributed by atoms with Crippen molar-refractivity contribution in [2.45, 2.75) is 38.5 Å². The SMILES string of the molecule is CCC[C@@H]1Oc2ccc(Cl)cc2[C@H]2CC(c3ccc(OC)cc3)=NN12. The Balaban J connectivity index is 1.69. The van der Waals surface area contributed by atoms with Crippen LogP contribution in [0.1, 0.15) is 43.4 Å². The van der Waals surface area contributed by atoms with Crippen LogP contribution in [-0.2, 0) is 0 Å². The van der Waals surface area contributed by atoms with Crippen LogP contribution in [0.5, 0.6) is 11.5 Å². The average Bonchev–Trinajstić information content (AvgIpc) is 3.08. The van der Waals surface area contributed by atoms with E-state index in [4.69, 9.17) is 26.2 Å². The van der Waals surface area contributed by atoms with Crippen LogP contribution in [0.25, 0.3) is 0 Å². The highest BCUT2D eigenvalue weighted by Gasteiger charge is 2.39. The molecular formula is C20H21ClN2O2. The summed E-state index contributed by atoms with van der Waals surface area (Å²) in [6.45, 7) is 2.17. The molecule has 0 fully saturated rings. The Morgan fingerprint density at radius 3 is 2.76 bits per heavy atom. The van der Waals surface area contributed by atoms with Crippen LogP contribution >= 0.6 is 11.6 Å². The van der Waals surface area contributed by atoms with Gasteiger partial charge in [0.25, 0.3) is 0 Å². The number of halogens is 1. The van der Waals surface area contributed by atoms with Crippen molar-refractivity contribution in [3.05, 3.63) is 58.6 Å². The normalized spacial score (nSPS) is 21.2. The smallest absolute Gasteiger partial charge is 0.187 e. The van der Waals surface area contributed by atoms with E-state index < -0.39 is 0 Å². The van der Waals surface area contributed by atoms with Gasteiger partial charge in [0.05, 0.1) is 18.9 Å². The Hall–Kier alpha value is -2.20. The van der Waals surface area contributed by atoms with Gasteiger partial charge in [0, 0.05) is 23.4 Å². The summed E-state index contributed by atoms with van der Waals surface area (Å²) >= 11 is 6.23. The molecule has 4 nitrogen and oxygen atoms in total. The van der Waals surface area contributed by atoms with Crippen LogP contribution in [0.15, 0.2) is 47.6 Å². The second kappa shape index (κ2) is 6.60. The molecule has 0 radical (unpaired) electrons. The topological polar surface area (TPSA) is 34.1 Å². The number of nitrogens with zero attached hydrogens (tertiary/aromatic N) is 2. The first kappa shape index (κ1) is 16.3. The number of benzene rings is 2. The maximum absolute atomic E-state index is 6.23. The molecule has 0 amide bonds. The van der Waals surface area contributed by atoms with E-state index in [-0.39, 0.29) is 12.3 Å². The van der Waals surface area contributed by atoms with Crippen molar-refractivity contribution in [2.75, 3.05) is 7.11 Å². The maximum atomic E-state index is 6.23. The van der Waals surface area contributed by atoms with Gasteiger partial charge in [-0.25, -0.2) is 0 Å². The summed E-state index contributed by atoms with van der Waals surface area (Å²) in [5.41, 5.74) is 3.31. The van der Waals surface area contributed by atoms with Crippen molar-refractivity contribution in [1.82, 2.24) is 5.01 Å². The van der Waals surface area contributed by atoms with E-state index in [0.717, 1.165) is 52.6 Å². The molecule has 0 aliphatic carbocycles. The molecule has 2 aromatic carbocycles. The summed E-state index contributed by atoms with van der Waals surface area (Å²) in [6, 6.07) is 14.1. The molecular weight excluding hydrogens is 336 g/mol. The maximum Gasteiger partial charge on any atom is 0.187 e. The third-order valence-electron chi connectivity index (χ3n) is 4.79. The second-order valence-electron chi connectivity index (χ2n) is 6.42. The Labute approximate surface area is 153 Å². The molecule has 25 heavy (non-hydrogen) atoms. The van der Waals surface area contributed by atoms with Crippen molar-refractivity contribution in [3.8, 4) is 11.5 Å². The molecule has 0 saturated carbocycles. The van der Waals surface area contributed by atoms with Crippen LogP contribution < -0.4 is 9.47 Å². The van der Waals surface area contributed by atoms with Gasteiger partial charge >= 0.3 is 0 Å². The predicted octanol–water partition coefficient (Wildman–Crippen LogP) is 5.02. The molecule has 0 spiro atoms. The summed E-state index contributed by atoms with van der Waals surface area (Å²) < 4.78 is 11.5. The third kappa shape index (κ3) is 2.95. The van der Waals surface area contributed by atoms with Crippen molar-refractivity contribution in [1.29, 1.82) is 0 Å². The summed E-state index contributed by atoms with van der Waals surface area (Å²) in [7, 11) is 1.68. The summed E-state index contributed by atoms with van der Waals surface area (Å²) in [5.74, 6) is 1.78. The molecule has 0 N–H and O–H groups in total. The van der Waals surface area contributed by atoms with Gasteiger partial charge in [-0.3, -0.25) is 5.01 Å². The van der Waals surface area contributed by atoms with Crippen molar-refractivity contribution >= 4 is 17.3 Å². The van der Waals surface area contributed by atoms with Gasteiger partial charge in [0.2, 0.25) is 0 Å². The summed E-state index contributed by atoms with van der Waals surface area (Å²) in [5, 5.41) is 7.75. The quantitative estimate of drug-likeness (QED) is 0.771. The van der Waals surface area contributed by atoms with Gasteiger partial charge in [0.15, 0.2) is 6.23 Å². The zero-order valence-corrected chi connectivity index (χ0v) is 15.2. The average molecular weight is 357 g/mol. The van der Waals surface area contributed by atoms with E-state index >= 15 is 0 Å². The van der Waals surface area contributed by atoms with E-state index in [1.54, 1.807) is 7.11 Å². The Morgan fingerprint density at radius 2 is 2.04 bits per heavy atom. The zero-order chi connectivity index (χ0) is 17.4. The Morgan fingerprint density at radius 1 is 1.24 bits per heavy atom. The second-order valence-corrected chi connectivity index (χ2v) is 6.85. The van der Waals surface area contributed by atoms with Gasteiger partial charge in [-0.05, 0) is 48.0 Å². The van der Waals surface area contributed by atoms with Crippen LogP contribution in [0.2, 0.25) is 5.02 Å². The first-order chi connectivity index (χ1) is 12.2. The molecule has 2 aliphatic heterocycles. The molecule has 0 unspecified atom stereocenters. The summed E-state index contributed by atoms with van der Waals surface area (Å²) in [4.78, 5) is 0. The number of hydrogen-bond donors (Lipinski definition) is 0. The summed E-state index contributed by atoms with van der Waals surface area (Å²) in [6.07, 6.45) is 2.81. The number of methoxy groups -OCH3 is 1. The number of fused-ring (bicyclic) bond motifs is 3. The van der Waals surface area contributed by atoms with E-state index in [9.17, 15) is 0 Å². The van der Waals surface area contributed by atoms with Crippen molar-refractivity contribution in [3.63, 3.8) is 0 Å². The lowest BCUT2D eigenvalue weighted by atomic mass is 9.96. The van der Waals surface area contributed by atoms with Gasteiger partial charge in [-0.15, -0.1) is 0 Å². The number of ether oxygens (including phenoxy) is 2. The predicted molar refractivity (Wildman–Crippen MR) is 99.5 cm³/mol. The van der Waals surface area contributed by atoms with Crippen LogP contribution in [0, 0.1) is 0 Å². The van der Waals surface area contributed by atoms with Gasteiger partial charge in [-0.2, -0.15) is 5.10 Å². The van der Waals surface area contributed by atoms with Crippen LogP contribution in [0.3, 0.4) is 0 Å². The molecule has 0 bridgehead atoms. The molecule has 0 saturated heterocycles. The highest BCUT2D eigenvalue weighted by Crippen LogP contribution is 2.44. The molecule has 2 aliphatic rings. The number of hydrazone groups is 1. The van der Waals surface area contributed by atoms with Crippen molar-refractivity contribution < 1.29 is 9.47 Å². The van der Waals surface area contributed by atoms with E-state index in [2.05, 4.69) is 24.1 Å². The fourth-order valence-electron chi connectivity index (χ4n) is 3.53. The van der Waals surface area contributed by atoms with Gasteiger partial charge in [0.1, 0.15) is 11.5 Å². The van der Waals surface area contributed by atoms with E-state index in [1.165, 1.54) is 0 Å². The Bertz CT molecular complexity index is 804.